The third kappa shape index (κ3) is 6.99. The molecule has 0 spiro atoms. The van der Waals surface area contributed by atoms with Gasteiger partial charge in [-0.1, -0.05) is 12.1 Å². The molecular weight excluding hydrogens is 632 g/mol. The second-order valence-electron chi connectivity index (χ2n) is 13.1. The number of rotatable bonds is 10. The van der Waals surface area contributed by atoms with Crippen molar-refractivity contribution in [2.45, 2.75) is 39.7 Å². The Bertz CT molecular complexity index is 2020. The molecule has 13 heteroatoms. The average molecular weight is 675 g/mol. The van der Waals surface area contributed by atoms with Crippen LogP contribution in [0.5, 0.6) is 5.75 Å². The van der Waals surface area contributed by atoms with E-state index in [4.69, 9.17) is 9.72 Å². The molecule has 1 saturated heterocycles. The van der Waals surface area contributed by atoms with Crippen molar-refractivity contribution in [3.8, 4) is 28.5 Å². The van der Waals surface area contributed by atoms with E-state index in [0.29, 0.717) is 62.8 Å². The summed E-state index contributed by atoms with van der Waals surface area (Å²) in [7, 11) is 1.83. The zero-order chi connectivity index (χ0) is 34.8. The number of aryl methyl sites for hydroxylation is 1. The largest absolute Gasteiger partial charge is 0.491 e. The number of ether oxygens (including phenoxy) is 1. The van der Waals surface area contributed by atoms with Crippen LogP contribution in [0.1, 0.15) is 39.2 Å². The molecule has 13 nitrogen and oxygen atoms in total. The molecule has 2 aliphatic rings. The third-order valence-electron chi connectivity index (χ3n) is 9.26. The molecule has 0 radical (unpaired) electrons. The summed E-state index contributed by atoms with van der Waals surface area (Å²) >= 11 is 0. The van der Waals surface area contributed by atoms with Crippen molar-refractivity contribution in [3.05, 3.63) is 72.7 Å². The van der Waals surface area contributed by atoms with Crippen LogP contribution >= 0.6 is 0 Å². The number of anilines is 1. The molecule has 258 valence electrons. The monoisotopic (exact) mass is 674 g/mol. The zero-order valence-corrected chi connectivity index (χ0v) is 28.9. The number of nitrogens with one attached hydrogen (secondary N) is 1. The molecule has 0 unspecified atom stereocenters. The summed E-state index contributed by atoms with van der Waals surface area (Å²) in [4.78, 5) is 46.6. The van der Waals surface area contributed by atoms with Crippen molar-refractivity contribution in [2.24, 2.45) is 13.0 Å². The Labute approximate surface area is 291 Å². The van der Waals surface area contributed by atoms with E-state index in [9.17, 15) is 9.59 Å². The van der Waals surface area contributed by atoms with Crippen LogP contribution in [0.2, 0.25) is 0 Å². The van der Waals surface area contributed by atoms with Gasteiger partial charge in [0, 0.05) is 45.0 Å². The van der Waals surface area contributed by atoms with Crippen molar-refractivity contribution in [2.75, 3.05) is 44.2 Å². The van der Waals surface area contributed by atoms with Gasteiger partial charge in [0.05, 0.1) is 24.1 Å². The van der Waals surface area contributed by atoms with E-state index in [1.165, 1.54) is 5.57 Å². The summed E-state index contributed by atoms with van der Waals surface area (Å²) in [5.74, 6) is 1.89. The summed E-state index contributed by atoms with van der Waals surface area (Å²) < 4.78 is 7.44. The van der Waals surface area contributed by atoms with Gasteiger partial charge in [-0.15, -0.1) is 5.10 Å². The Morgan fingerprint density at radius 2 is 1.86 bits per heavy atom. The van der Waals surface area contributed by atoms with Gasteiger partial charge in [0.25, 0.3) is 0 Å². The van der Waals surface area contributed by atoms with Gasteiger partial charge in [0.2, 0.25) is 11.8 Å². The molecule has 6 heterocycles. The van der Waals surface area contributed by atoms with Crippen LogP contribution in [-0.2, 0) is 16.6 Å². The number of carbonyl (C=O) groups excluding carboxylic acids is 2. The topological polar surface area (TPSA) is 138 Å². The number of aromatic amines is 1. The first kappa shape index (κ1) is 33.1. The van der Waals surface area contributed by atoms with Gasteiger partial charge >= 0.3 is 0 Å². The first-order valence-corrected chi connectivity index (χ1v) is 17.2. The van der Waals surface area contributed by atoms with E-state index in [0.717, 1.165) is 40.2 Å². The lowest BCUT2D eigenvalue weighted by Gasteiger charge is -2.28. The number of aromatic nitrogens is 7. The number of benzene rings is 1. The summed E-state index contributed by atoms with van der Waals surface area (Å²) in [6, 6.07) is 15.5. The van der Waals surface area contributed by atoms with Crippen LogP contribution in [0.15, 0.2) is 67.1 Å². The smallest absolute Gasteiger partial charge is 0.237 e. The van der Waals surface area contributed by atoms with E-state index in [-0.39, 0.29) is 23.8 Å². The highest BCUT2D eigenvalue weighted by atomic mass is 16.5. The Balaban J connectivity index is 0.953. The van der Waals surface area contributed by atoms with E-state index in [1.54, 1.807) is 15.9 Å². The standard InChI is InChI=1S/C37H42N10O3/c1-5-47(32-13-12-30-35(40-32)34(42-41-30)26-6-9-29(10-7-26)50-24(2)3)37(49)28-14-17-45(21-28)22-33(48)46-18-15-25(16-19-46)27-8-11-31(38-20-27)36-39-23-44(4)43-36/h6-13,15,20,23-24,28H,5,14,16-19,21-22H2,1-4H3,(H,41,42)/t28-/m1/s1. The normalized spacial score (nSPS) is 16.6. The first-order valence-electron chi connectivity index (χ1n) is 17.2. The number of likely N-dealkylation sites (tertiary alicyclic amines) is 1. The summed E-state index contributed by atoms with van der Waals surface area (Å²) in [6.45, 7) is 9.19. The fraction of sp³-hybridized carbons (Fsp3) is 0.378. The molecule has 1 aromatic carbocycles. The zero-order valence-electron chi connectivity index (χ0n) is 28.9. The minimum Gasteiger partial charge on any atom is -0.491 e. The van der Waals surface area contributed by atoms with E-state index >= 15 is 0 Å². The van der Waals surface area contributed by atoms with Crippen LogP contribution in [0, 0.1) is 5.92 Å². The van der Waals surface area contributed by atoms with Gasteiger partial charge in [0.15, 0.2) is 5.82 Å². The Morgan fingerprint density at radius 3 is 2.54 bits per heavy atom. The average Bonchev–Trinajstić information content (AvgIpc) is 3.89. The fourth-order valence-electron chi connectivity index (χ4n) is 6.65. The molecule has 0 aliphatic carbocycles. The first-order chi connectivity index (χ1) is 24.2. The molecule has 1 N–H and O–H groups in total. The molecule has 2 amide bonds. The second kappa shape index (κ2) is 14.2. The number of hydrogen-bond donors (Lipinski definition) is 1. The summed E-state index contributed by atoms with van der Waals surface area (Å²) in [5.41, 5.74) is 6.09. The SMILES string of the molecule is CCN(C(=O)[C@@H]1CCN(CC(=O)N2CC=C(c3ccc(-c4ncn(C)n4)nc3)CC2)C1)c1ccc2[nH]nc(-c3ccc(OC(C)C)cc3)c2n1. The quantitative estimate of drug-likeness (QED) is 0.225. The van der Waals surface area contributed by atoms with Gasteiger partial charge < -0.3 is 9.64 Å². The van der Waals surface area contributed by atoms with Crippen molar-refractivity contribution in [3.63, 3.8) is 0 Å². The van der Waals surface area contributed by atoms with Crippen molar-refractivity contribution >= 4 is 34.2 Å². The molecule has 1 fully saturated rings. The molecule has 4 aromatic heterocycles. The number of amides is 2. The van der Waals surface area contributed by atoms with E-state index < -0.39 is 0 Å². The van der Waals surface area contributed by atoms with E-state index in [1.807, 2.05) is 87.4 Å². The number of carbonyl (C=O) groups is 2. The molecule has 1 atom stereocenters. The maximum absolute atomic E-state index is 13.8. The van der Waals surface area contributed by atoms with Crippen LogP contribution < -0.4 is 9.64 Å². The highest BCUT2D eigenvalue weighted by Gasteiger charge is 2.34. The van der Waals surface area contributed by atoms with Crippen molar-refractivity contribution in [1.82, 2.24) is 44.7 Å². The van der Waals surface area contributed by atoms with Gasteiger partial charge in [-0.05, 0) is 93.8 Å². The Morgan fingerprint density at radius 1 is 1.04 bits per heavy atom. The molecule has 5 aromatic rings. The predicted molar refractivity (Wildman–Crippen MR) is 191 cm³/mol. The van der Waals surface area contributed by atoms with Gasteiger partial charge in [-0.2, -0.15) is 5.10 Å². The maximum atomic E-state index is 13.8. The van der Waals surface area contributed by atoms with Gasteiger partial charge in [-0.3, -0.25) is 34.2 Å². The van der Waals surface area contributed by atoms with E-state index in [2.05, 4.69) is 36.2 Å². The summed E-state index contributed by atoms with van der Waals surface area (Å²) in [5, 5.41) is 11.9. The number of hydrogen-bond acceptors (Lipinski definition) is 9. The highest BCUT2D eigenvalue weighted by molar-refractivity contribution is 5.97. The Kier molecular flexibility index (Phi) is 9.40. The van der Waals surface area contributed by atoms with Crippen molar-refractivity contribution in [1.29, 1.82) is 0 Å². The Hall–Kier alpha value is -5.43. The number of H-pyrrole nitrogens is 1. The lowest BCUT2D eigenvalue weighted by atomic mass is 10.0. The number of pyridine rings is 2. The third-order valence-corrected chi connectivity index (χ3v) is 9.26. The molecule has 0 saturated carbocycles. The lowest BCUT2D eigenvalue weighted by molar-refractivity contribution is -0.132. The minimum atomic E-state index is -0.206. The lowest BCUT2D eigenvalue weighted by Crippen LogP contribution is -2.42. The predicted octanol–water partition coefficient (Wildman–Crippen LogP) is 4.59. The maximum Gasteiger partial charge on any atom is 0.237 e. The molecule has 7 rings (SSSR count). The highest BCUT2D eigenvalue weighted by Crippen LogP contribution is 2.30. The molecule has 0 bridgehead atoms. The fourth-order valence-corrected chi connectivity index (χ4v) is 6.65. The molecule has 50 heavy (non-hydrogen) atoms. The number of fused-ring (bicyclic) bond motifs is 1. The van der Waals surface area contributed by atoms with Crippen LogP contribution in [0.3, 0.4) is 0 Å². The molecular formula is C37H42N10O3. The summed E-state index contributed by atoms with van der Waals surface area (Å²) in [6.07, 6.45) is 7.16. The minimum absolute atomic E-state index is 0.0264. The van der Waals surface area contributed by atoms with Crippen LogP contribution in [0.4, 0.5) is 5.82 Å². The van der Waals surface area contributed by atoms with Gasteiger partial charge in [0.1, 0.15) is 34.8 Å². The second-order valence-corrected chi connectivity index (χ2v) is 13.1. The molecule has 2 aliphatic heterocycles. The van der Waals surface area contributed by atoms with Crippen LogP contribution in [-0.4, -0.2) is 102 Å². The van der Waals surface area contributed by atoms with Crippen LogP contribution in [0.25, 0.3) is 39.4 Å². The number of nitrogens with zero attached hydrogens (tertiary/aromatic N) is 9. The van der Waals surface area contributed by atoms with Crippen molar-refractivity contribution < 1.29 is 14.3 Å². The van der Waals surface area contributed by atoms with Gasteiger partial charge in [-0.25, -0.2) is 9.97 Å².